The number of halogens is 1. The molecule has 1 N–H and O–H groups in total. The summed E-state index contributed by atoms with van der Waals surface area (Å²) in [4.78, 5) is 11.8. The first-order valence-electron chi connectivity index (χ1n) is 8.23. The molecule has 0 aliphatic heterocycles. The lowest BCUT2D eigenvalue weighted by molar-refractivity contribution is 0.0956. The molecule has 3 rings (SSSR count). The Morgan fingerprint density at radius 1 is 0.846 bits per heavy atom. The number of rotatable bonds is 6. The quantitative estimate of drug-likeness (QED) is 0.667. The average molecular weight is 351 g/mol. The van der Waals surface area contributed by atoms with E-state index in [2.05, 4.69) is 5.32 Å². The fraction of sp³-hybridized carbons (Fsp3) is 0.0952. The number of nitrogens with one attached hydrogen (secondary N) is 1. The van der Waals surface area contributed by atoms with E-state index in [0.717, 1.165) is 0 Å². The topological polar surface area (TPSA) is 47.6 Å². The molecule has 1 amide bonds. The van der Waals surface area contributed by atoms with Gasteiger partial charge in [0.25, 0.3) is 5.91 Å². The number of carbonyl (C=O) groups is 1. The van der Waals surface area contributed by atoms with Crippen molar-refractivity contribution in [2.24, 2.45) is 0 Å². The average Bonchev–Trinajstić information content (AvgIpc) is 2.65. The monoisotopic (exact) mass is 351 g/mol. The summed E-state index contributed by atoms with van der Waals surface area (Å²) in [6.45, 7) is 2.45. The van der Waals surface area contributed by atoms with Gasteiger partial charge in [0.2, 0.25) is 0 Å². The highest BCUT2D eigenvalue weighted by Crippen LogP contribution is 2.28. The van der Waals surface area contributed by atoms with Crippen molar-refractivity contribution in [2.45, 2.75) is 6.92 Å². The van der Waals surface area contributed by atoms with Crippen molar-refractivity contribution in [3.8, 4) is 23.0 Å². The van der Waals surface area contributed by atoms with Crippen molar-refractivity contribution in [3.05, 3.63) is 84.2 Å². The van der Waals surface area contributed by atoms with Gasteiger partial charge in [0, 0.05) is 18.2 Å². The molecule has 0 heterocycles. The van der Waals surface area contributed by atoms with Crippen LogP contribution in [0.3, 0.4) is 0 Å². The van der Waals surface area contributed by atoms with Gasteiger partial charge in [0.1, 0.15) is 28.8 Å². The van der Waals surface area contributed by atoms with Crippen LogP contribution in [0.25, 0.3) is 0 Å². The van der Waals surface area contributed by atoms with Crippen LogP contribution in [0.1, 0.15) is 17.3 Å². The van der Waals surface area contributed by atoms with E-state index in [1.807, 2.05) is 6.92 Å². The van der Waals surface area contributed by atoms with Crippen molar-refractivity contribution in [1.82, 2.24) is 5.32 Å². The molecule has 0 unspecified atom stereocenters. The van der Waals surface area contributed by atoms with Crippen molar-refractivity contribution in [1.29, 1.82) is 0 Å². The molecule has 0 radical (unpaired) electrons. The smallest absolute Gasteiger partial charge is 0.251 e. The lowest BCUT2D eigenvalue weighted by Gasteiger charge is -2.10. The number of carbonyl (C=O) groups excluding carboxylic acids is 1. The fourth-order valence-corrected chi connectivity index (χ4v) is 2.31. The molecule has 3 aromatic rings. The maximum atomic E-state index is 13.0. The Labute approximate surface area is 151 Å². The summed E-state index contributed by atoms with van der Waals surface area (Å²) in [6.07, 6.45) is 0. The minimum Gasteiger partial charge on any atom is -0.457 e. The van der Waals surface area contributed by atoms with E-state index in [-0.39, 0.29) is 11.7 Å². The molecule has 0 aliphatic rings. The maximum absolute atomic E-state index is 13.0. The number of amides is 1. The van der Waals surface area contributed by atoms with E-state index in [1.165, 1.54) is 12.1 Å². The highest BCUT2D eigenvalue weighted by Gasteiger charge is 2.05. The van der Waals surface area contributed by atoms with Gasteiger partial charge in [-0.2, -0.15) is 0 Å². The van der Waals surface area contributed by atoms with Crippen molar-refractivity contribution in [3.63, 3.8) is 0 Å². The van der Waals surface area contributed by atoms with Gasteiger partial charge in [0.15, 0.2) is 0 Å². The van der Waals surface area contributed by atoms with E-state index in [1.54, 1.807) is 60.7 Å². The third-order valence-electron chi connectivity index (χ3n) is 3.54. The first-order chi connectivity index (χ1) is 12.6. The van der Waals surface area contributed by atoms with E-state index in [4.69, 9.17) is 9.47 Å². The maximum Gasteiger partial charge on any atom is 0.251 e. The third-order valence-corrected chi connectivity index (χ3v) is 3.54. The molecule has 5 heteroatoms. The Hall–Kier alpha value is -3.34. The second-order valence-electron chi connectivity index (χ2n) is 5.52. The van der Waals surface area contributed by atoms with Crippen LogP contribution >= 0.6 is 0 Å². The molecule has 0 saturated heterocycles. The highest BCUT2D eigenvalue weighted by atomic mass is 19.1. The van der Waals surface area contributed by atoms with Crippen LogP contribution in [-0.4, -0.2) is 12.5 Å². The molecule has 0 atom stereocenters. The summed E-state index contributed by atoms with van der Waals surface area (Å²) in [5, 5.41) is 2.75. The summed E-state index contributed by atoms with van der Waals surface area (Å²) in [6, 6.07) is 19.8. The van der Waals surface area contributed by atoms with Gasteiger partial charge in [0.05, 0.1) is 0 Å². The van der Waals surface area contributed by atoms with Crippen molar-refractivity contribution in [2.75, 3.05) is 6.54 Å². The Morgan fingerprint density at radius 3 is 1.92 bits per heavy atom. The summed E-state index contributed by atoms with van der Waals surface area (Å²) < 4.78 is 24.4. The fourth-order valence-electron chi connectivity index (χ4n) is 2.31. The summed E-state index contributed by atoms with van der Waals surface area (Å²) in [5.74, 6) is 1.88. The second kappa shape index (κ2) is 8.16. The number of benzene rings is 3. The normalized spacial score (nSPS) is 10.2. The zero-order chi connectivity index (χ0) is 18.4. The first-order valence-corrected chi connectivity index (χ1v) is 8.23. The summed E-state index contributed by atoms with van der Waals surface area (Å²) in [7, 11) is 0. The molecule has 0 bridgehead atoms. The zero-order valence-electron chi connectivity index (χ0n) is 14.2. The molecule has 0 saturated carbocycles. The Bertz CT molecular complexity index is 877. The first kappa shape index (κ1) is 17.5. The van der Waals surface area contributed by atoms with Gasteiger partial charge in [-0.1, -0.05) is 6.07 Å². The standard InChI is InChI=1S/C21H18FNO3/c1-2-23-21(24)15-6-10-17(11-7-15)25-19-4-3-5-20(14-19)26-18-12-8-16(22)9-13-18/h3-14H,2H2,1H3,(H,23,24). The Kier molecular flexibility index (Phi) is 5.49. The lowest BCUT2D eigenvalue weighted by Crippen LogP contribution is -2.22. The van der Waals surface area contributed by atoms with Crippen LogP contribution in [-0.2, 0) is 0 Å². The van der Waals surface area contributed by atoms with Gasteiger partial charge in [-0.25, -0.2) is 4.39 Å². The molecule has 0 spiro atoms. The molecule has 0 fully saturated rings. The highest BCUT2D eigenvalue weighted by molar-refractivity contribution is 5.94. The zero-order valence-corrected chi connectivity index (χ0v) is 14.2. The van der Waals surface area contributed by atoms with Crippen LogP contribution in [0.4, 0.5) is 4.39 Å². The molecule has 0 aromatic heterocycles. The van der Waals surface area contributed by atoms with Crippen LogP contribution in [0, 0.1) is 5.82 Å². The number of hydrogen-bond donors (Lipinski definition) is 1. The largest absolute Gasteiger partial charge is 0.457 e. The number of hydrogen-bond acceptors (Lipinski definition) is 3. The minimum absolute atomic E-state index is 0.117. The van der Waals surface area contributed by atoms with Crippen LogP contribution in [0.15, 0.2) is 72.8 Å². The third kappa shape index (κ3) is 4.60. The van der Waals surface area contributed by atoms with E-state index in [9.17, 15) is 9.18 Å². The summed E-state index contributed by atoms with van der Waals surface area (Å²) in [5.41, 5.74) is 0.576. The second-order valence-corrected chi connectivity index (χ2v) is 5.52. The van der Waals surface area contributed by atoms with Gasteiger partial charge in [-0.05, 0) is 67.6 Å². The minimum atomic E-state index is -0.314. The molecular weight excluding hydrogens is 333 g/mol. The van der Waals surface area contributed by atoms with Crippen molar-refractivity contribution >= 4 is 5.91 Å². The van der Waals surface area contributed by atoms with Crippen molar-refractivity contribution < 1.29 is 18.7 Å². The van der Waals surface area contributed by atoms with Gasteiger partial charge in [-0.3, -0.25) is 4.79 Å². The SMILES string of the molecule is CCNC(=O)c1ccc(Oc2cccc(Oc3ccc(F)cc3)c2)cc1. The molecule has 0 aliphatic carbocycles. The predicted octanol–water partition coefficient (Wildman–Crippen LogP) is 5.16. The van der Waals surface area contributed by atoms with Crippen LogP contribution in [0.5, 0.6) is 23.0 Å². The van der Waals surface area contributed by atoms with Crippen LogP contribution < -0.4 is 14.8 Å². The van der Waals surface area contributed by atoms with Gasteiger partial charge < -0.3 is 14.8 Å². The Balaban J connectivity index is 1.68. The summed E-state index contributed by atoms with van der Waals surface area (Å²) >= 11 is 0. The molecular formula is C21H18FNO3. The number of ether oxygens (including phenoxy) is 2. The molecule has 4 nitrogen and oxygen atoms in total. The van der Waals surface area contributed by atoms with Gasteiger partial charge >= 0.3 is 0 Å². The van der Waals surface area contributed by atoms with Gasteiger partial charge in [-0.15, -0.1) is 0 Å². The van der Waals surface area contributed by atoms with E-state index in [0.29, 0.717) is 35.1 Å². The molecule has 3 aromatic carbocycles. The molecule has 132 valence electrons. The predicted molar refractivity (Wildman–Crippen MR) is 97.4 cm³/mol. The van der Waals surface area contributed by atoms with Crippen LogP contribution in [0.2, 0.25) is 0 Å². The lowest BCUT2D eigenvalue weighted by atomic mass is 10.2. The molecule has 26 heavy (non-hydrogen) atoms. The van der Waals surface area contributed by atoms with E-state index < -0.39 is 0 Å². The Morgan fingerprint density at radius 2 is 1.38 bits per heavy atom. The van der Waals surface area contributed by atoms with E-state index >= 15 is 0 Å².